The first-order valence-electron chi connectivity index (χ1n) is 6.02. The fourth-order valence-corrected chi connectivity index (χ4v) is 2.85. The molecule has 2 atom stereocenters. The van der Waals surface area contributed by atoms with Gasteiger partial charge in [-0.25, -0.2) is 4.79 Å². The Labute approximate surface area is 114 Å². The molecule has 1 fully saturated rings. The van der Waals surface area contributed by atoms with Gasteiger partial charge in [-0.1, -0.05) is 28.1 Å². The predicted molar refractivity (Wildman–Crippen MR) is 71.5 cm³/mol. The number of hydrogen-bond donors (Lipinski definition) is 2. The highest BCUT2D eigenvalue weighted by molar-refractivity contribution is 9.10. The number of rotatable bonds is 2. The van der Waals surface area contributed by atoms with Crippen LogP contribution in [0, 0.1) is 0 Å². The van der Waals surface area contributed by atoms with Crippen LogP contribution < -0.4 is 0 Å². The highest BCUT2D eigenvalue weighted by atomic mass is 79.9. The Kier molecular flexibility index (Phi) is 4.24. The van der Waals surface area contributed by atoms with Crippen molar-refractivity contribution >= 4 is 22.0 Å². The number of aliphatic hydroxyl groups excluding tert-OH is 1. The Bertz CT molecular complexity index is 438. The molecule has 0 saturated carbocycles. The highest BCUT2D eigenvalue weighted by Crippen LogP contribution is 2.29. The zero-order valence-electron chi connectivity index (χ0n) is 9.92. The molecular weight excluding hydrogens is 298 g/mol. The number of carbonyl (C=O) groups is 1. The summed E-state index contributed by atoms with van der Waals surface area (Å²) < 4.78 is 0.886. The van der Waals surface area contributed by atoms with Gasteiger partial charge in [-0.3, -0.25) is 0 Å². The summed E-state index contributed by atoms with van der Waals surface area (Å²) in [6.45, 7) is 0.505. The highest BCUT2D eigenvalue weighted by Gasteiger charge is 2.32. The van der Waals surface area contributed by atoms with Crippen LogP contribution in [0.1, 0.15) is 30.9 Å². The van der Waals surface area contributed by atoms with E-state index >= 15 is 0 Å². The summed E-state index contributed by atoms with van der Waals surface area (Å²) >= 11 is 3.36. The van der Waals surface area contributed by atoms with Gasteiger partial charge in [0.05, 0.1) is 12.1 Å². The molecule has 1 aromatic carbocycles. The SMILES string of the molecule is O=C(O)N1CCCC[C@H]1[C@@H](O)c1cccc(Br)c1. The molecule has 1 saturated heterocycles. The maximum atomic E-state index is 11.2. The standard InChI is InChI=1S/C13H16BrNO3/c14-10-5-3-4-9(8-10)12(16)11-6-1-2-7-15(11)13(17)18/h3-5,8,11-12,16H,1-2,6-7H2,(H,17,18)/t11-,12-/m0/s1. The van der Waals surface area contributed by atoms with Gasteiger partial charge in [-0.2, -0.15) is 0 Å². The Morgan fingerprint density at radius 2 is 2.22 bits per heavy atom. The van der Waals surface area contributed by atoms with E-state index in [1.165, 1.54) is 4.90 Å². The normalized spacial score (nSPS) is 21.7. The first kappa shape index (κ1) is 13.4. The van der Waals surface area contributed by atoms with Crippen LogP contribution in [0.15, 0.2) is 28.7 Å². The first-order valence-corrected chi connectivity index (χ1v) is 6.82. The number of carboxylic acid groups (broad SMARTS) is 1. The molecule has 2 rings (SSSR count). The van der Waals surface area contributed by atoms with Crippen molar-refractivity contribution < 1.29 is 15.0 Å². The van der Waals surface area contributed by atoms with Crippen molar-refractivity contribution in [3.8, 4) is 0 Å². The lowest BCUT2D eigenvalue weighted by atomic mass is 9.93. The molecule has 1 aliphatic rings. The van der Waals surface area contributed by atoms with Crippen LogP contribution >= 0.6 is 15.9 Å². The van der Waals surface area contributed by atoms with Crippen LogP contribution in [0.4, 0.5) is 4.79 Å². The van der Waals surface area contributed by atoms with Gasteiger partial charge in [0.25, 0.3) is 0 Å². The van der Waals surface area contributed by atoms with Crippen molar-refractivity contribution in [3.05, 3.63) is 34.3 Å². The molecule has 98 valence electrons. The number of benzene rings is 1. The van der Waals surface area contributed by atoms with E-state index in [0.717, 1.165) is 22.9 Å². The van der Waals surface area contributed by atoms with Crippen molar-refractivity contribution in [3.63, 3.8) is 0 Å². The van der Waals surface area contributed by atoms with Gasteiger partial charge in [0.2, 0.25) is 0 Å². The second kappa shape index (κ2) is 5.71. The summed E-state index contributed by atoms with van der Waals surface area (Å²) in [5, 5.41) is 19.5. The van der Waals surface area contributed by atoms with Crippen molar-refractivity contribution in [1.29, 1.82) is 0 Å². The summed E-state index contributed by atoms with van der Waals surface area (Å²) in [4.78, 5) is 12.5. The van der Waals surface area contributed by atoms with Gasteiger partial charge in [0.15, 0.2) is 0 Å². The third-order valence-corrected chi connectivity index (χ3v) is 3.84. The second-order valence-corrected chi connectivity index (χ2v) is 5.45. The molecule has 5 heteroatoms. The third-order valence-electron chi connectivity index (χ3n) is 3.35. The molecule has 18 heavy (non-hydrogen) atoms. The summed E-state index contributed by atoms with van der Waals surface area (Å²) in [6.07, 6.45) is 0.820. The van der Waals surface area contributed by atoms with Crippen LogP contribution in [-0.4, -0.2) is 33.8 Å². The zero-order valence-corrected chi connectivity index (χ0v) is 11.5. The Morgan fingerprint density at radius 3 is 2.89 bits per heavy atom. The minimum atomic E-state index is -0.950. The second-order valence-electron chi connectivity index (χ2n) is 4.54. The molecule has 0 aromatic heterocycles. The van der Waals surface area contributed by atoms with E-state index in [1.54, 1.807) is 0 Å². The van der Waals surface area contributed by atoms with E-state index < -0.39 is 12.2 Å². The van der Waals surface area contributed by atoms with E-state index in [-0.39, 0.29) is 6.04 Å². The molecule has 0 unspecified atom stereocenters. The van der Waals surface area contributed by atoms with E-state index in [1.807, 2.05) is 24.3 Å². The summed E-state index contributed by atoms with van der Waals surface area (Å²) in [6, 6.07) is 7.04. The third kappa shape index (κ3) is 2.84. The Hall–Kier alpha value is -1.07. The van der Waals surface area contributed by atoms with Crippen LogP contribution in [0.3, 0.4) is 0 Å². The molecular formula is C13H16BrNO3. The minimum Gasteiger partial charge on any atom is -0.465 e. The number of piperidine rings is 1. The molecule has 4 nitrogen and oxygen atoms in total. The topological polar surface area (TPSA) is 60.8 Å². The van der Waals surface area contributed by atoms with Gasteiger partial charge in [0, 0.05) is 11.0 Å². The molecule has 0 bridgehead atoms. The zero-order chi connectivity index (χ0) is 13.1. The van der Waals surface area contributed by atoms with Crippen molar-refractivity contribution in [2.75, 3.05) is 6.54 Å². The maximum absolute atomic E-state index is 11.2. The molecule has 1 aromatic rings. The van der Waals surface area contributed by atoms with Gasteiger partial charge in [-0.05, 0) is 37.0 Å². The minimum absolute atomic E-state index is 0.342. The van der Waals surface area contributed by atoms with Crippen molar-refractivity contribution in [2.45, 2.75) is 31.4 Å². The summed E-state index contributed by atoms with van der Waals surface area (Å²) in [5.41, 5.74) is 0.752. The molecule has 1 heterocycles. The summed E-state index contributed by atoms with van der Waals surface area (Å²) in [7, 11) is 0. The number of nitrogens with zero attached hydrogens (tertiary/aromatic N) is 1. The Balaban J connectivity index is 2.20. The molecule has 1 aliphatic heterocycles. The number of aliphatic hydroxyl groups is 1. The summed E-state index contributed by atoms with van der Waals surface area (Å²) in [5.74, 6) is 0. The van der Waals surface area contributed by atoms with E-state index in [2.05, 4.69) is 15.9 Å². The average Bonchev–Trinajstić information content (AvgIpc) is 2.38. The van der Waals surface area contributed by atoms with E-state index in [0.29, 0.717) is 13.0 Å². The van der Waals surface area contributed by atoms with Gasteiger partial charge in [0.1, 0.15) is 0 Å². The lowest BCUT2D eigenvalue weighted by molar-refractivity contribution is 0.0285. The Morgan fingerprint density at radius 1 is 1.44 bits per heavy atom. The van der Waals surface area contributed by atoms with Gasteiger partial charge >= 0.3 is 6.09 Å². The monoisotopic (exact) mass is 313 g/mol. The van der Waals surface area contributed by atoms with Gasteiger partial charge < -0.3 is 15.1 Å². The number of amides is 1. The van der Waals surface area contributed by atoms with Crippen LogP contribution in [0.2, 0.25) is 0 Å². The number of hydrogen-bond acceptors (Lipinski definition) is 2. The molecule has 1 amide bonds. The number of halogens is 1. The predicted octanol–water partition coefficient (Wildman–Crippen LogP) is 3.02. The fourth-order valence-electron chi connectivity index (χ4n) is 2.44. The molecule has 0 radical (unpaired) electrons. The van der Waals surface area contributed by atoms with Crippen molar-refractivity contribution in [2.24, 2.45) is 0 Å². The van der Waals surface area contributed by atoms with E-state index in [4.69, 9.17) is 5.11 Å². The van der Waals surface area contributed by atoms with Gasteiger partial charge in [-0.15, -0.1) is 0 Å². The van der Waals surface area contributed by atoms with Crippen LogP contribution in [-0.2, 0) is 0 Å². The van der Waals surface area contributed by atoms with E-state index in [9.17, 15) is 9.90 Å². The number of likely N-dealkylation sites (tertiary alicyclic amines) is 1. The fraction of sp³-hybridized carbons (Fsp3) is 0.462. The van der Waals surface area contributed by atoms with Crippen LogP contribution in [0.25, 0.3) is 0 Å². The lowest BCUT2D eigenvalue weighted by Gasteiger charge is -2.36. The quantitative estimate of drug-likeness (QED) is 0.882. The average molecular weight is 314 g/mol. The van der Waals surface area contributed by atoms with Crippen LogP contribution in [0.5, 0.6) is 0 Å². The molecule has 2 N–H and O–H groups in total. The maximum Gasteiger partial charge on any atom is 0.407 e. The largest absolute Gasteiger partial charge is 0.465 e. The van der Waals surface area contributed by atoms with Crippen molar-refractivity contribution in [1.82, 2.24) is 4.90 Å². The smallest absolute Gasteiger partial charge is 0.407 e. The first-order chi connectivity index (χ1) is 8.59. The lowest BCUT2D eigenvalue weighted by Crippen LogP contribution is -2.46. The molecule has 0 spiro atoms. The molecule has 0 aliphatic carbocycles.